The number of nitrogens with zero attached hydrogens (tertiary/aromatic N) is 3. The van der Waals surface area contributed by atoms with Gasteiger partial charge in [-0.25, -0.2) is 17.8 Å². The number of ether oxygens (including phenoxy) is 1. The summed E-state index contributed by atoms with van der Waals surface area (Å²) in [4.78, 5) is 28.3. The lowest BCUT2D eigenvalue weighted by atomic mass is 10.1. The van der Waals surface area contributed by atoms with Crippen LogP contribution in [0, 0.1) is 5.82 Å². The highest BCUT2D eigenvalue weighted by Crippen LogP contribution is 2.34. The third kappa shape index (κ3) is 5.09. The van der Waals surface area contributed by atoms with Crippen molar-refractivity contribution in [1.29, 1.82) is 0 Å². The molecule has 9 nitrogen and oxygen atoms in total. The Hall–Kier alpha value is -3.19. The maximum absolute atomic E-state index is 14.4. The van der Waals surface area contributed by atoms with Crippen molar-refractivity contribution < 1.29 is 35.9 Å². The fraction of sp³-hybridized carbons (Fsp3) is 0.350. The smallest absolute Gasteiger partial charge is 0.388 e. The highest BCUT2D eigenvalue weighted by molar-refractivity contribution is 7.89. The molecule has 13 heteroatoms. The van der Waals surface area contributed by atoms with Gasteiger partial charge in [-0.15, -0.1) is 0 Å². The van der Waals surface area contributed by atoms with Crippen LogP contribution in [0.4, 0.5) is 13.2 Å². The lowest BCUT2D eigenvalue weighted by Crippen LogP contribution is -2.56. The van der Waals surface area contributed by atoms with E-state index in [4.69, 9.17) is 0 Å². The first kappa shape index (κ1) is 24.5. The predicted octanol–water partition coefficient (Wildman–Crippen LogP) is 1.50. The molecule has 0 spiro atoms. The second kappa shape index (κ2) is 9.75. The van der Waals surface area contributed by atoms with Crippen molar-refractivity contribution >= 4 is 32.6 Å². The maximum Gasteiger partial charge on any atom is 0.388 e. The van der Waals surface area contributed by atoms with E-state index in [1.807, 2.05) is 0 Å². The van der Waals surface area contributed by atoms with Gasteiger partial charge in [0, 0.05) is 37.3 Å². The number of carbonyl (C=O) groups excluding carboxylic acids is 2. The number of alkyl halides is 2. The summed E-state index contributed by atoms with van der Waals surface area (Å²) < 4.78 is 72.1. The fourth-order valence-electron chi connectivity index (χ4n) is 3.60. The molecule has 1 aromatic heterocycles. The van der Waals surface area contributed by atoms with E-state index in [2.05, 4.69) is 21.6 Å². The van der Waals surface area contributed by atoms with E-state index >= 15 is 0 Å². The number of benzene rings is 1. The highest BCUT2D eigenvalue weighted by atomic mass is 32.2. The molecule has 2 amide bonds. The minimum atomic E-state index is -4.20. The first-order valence-electron chi connectivity index (χ1n) is 9.78. The molecule has 0 bridgehead atoms. The van der Waals surface area contributed by atoms with Crippen LogP contribution < -0.4 is 10.1 Å². The van der Waals surface area contributed by atoms with E-state index in [-0.39, 0.29) is 42.4 Å². The van der Waals surface area contributed by atoms with E-state index < -0.39 is 45.7 Å². The van der Waals surface area contributed by atoms with Gasteiger partial charge in [-0.05, 0) is 31.2 Å². The second-order valence-electron chi connectivity index (χ2n) is 7.19. The molecule has 0 saturated carbocycles. The molecule has 1 saturated heterocycles. The number of rotatable bonds is 7. The zero-order valence-electron chi connectivity index (χ0n) is 17.5. The van der Waals surface area contributed by atoms with Gasteiger partial charge in [0.05, 0.1) is 16.8 Å². The molecule has 178 valence electrons. The van der Waals surface area contributed by atoms with Crippen LogP contribution in [0.15, 0.2) is 41.9 Å². The van der Waals surface area contributed by atoms with Crippen LogP contribution in [0.1, 0.15) is 6.92 Å². The average molecular weight is 486 g/mol. The molecule has 0 unspecified atom stereocenters. The number of amides is 2. The molecule has 33 heavy (non-hydrogen) atoms. The third-order valence-electron chi connectivity index (χ3n) is 5.11. The second-order valence-corrected chi connectivity index (χ2v) is 9.05. The van der Waals surface area contributed by atoms with Gasteiger partial charge in [-0.3, -0.25) is 9.59 Å². The Morgan fingerprint density at radius 2 is 2.06 bits per heavy atom. The van der Waals surface area contributed by atoms with Gasteiger partial charge in [-0.1, -0.05) is 6.58 Å². The van der Waals surface area contributed by atoms with E-state index in [1.165, 1.54) is 11.0 Å². The molecule has 0 aliphatic carbocycles. The Labute approximate surface area is 187 Å². The molecule has 0 radical (unpaired) electrons. The number of piperazine rings is 1. The van der Waals surface area contributed by atoms with Crippen molar-refractivity contribution in [2.24, 2.45) is 0 Å². The molecular formula is C20H21F3N4O5S. The molecule has 2 aromatic rings. The number of sulfonamides is 1. The zero-order valence-corrected chi connectivity index (χ0v) is 18.3. The first-order valence-corrected chi connectivity index (χ1v) is 11.2. The van der Waals surface area contributed by atoms with Gasteiger partial charge in [0.1, 0.15) is 5.82 Å². The van der Waals surface area contributed by atoms with Gasteiger partial charge in [-0.2, -0.15) is 13.1 Å². The highest BCUT2D eigenvalue weighted by Gasteiger charge is 2.36. The van der Waals surface area contributed by atoms with Crippen molar-refractivity contribution in [2.75, 3.05) is 26.2 Å². The normalized spacial score (nSPS) is 17.2. The molecule has 1 atom stereocenters. The maximum atomic E-state index is 14.4. The monoisotopic (exact) mass is 486 g/mol. The Bertz CT molecular complexity index is 1190. The number of hydrogen-bond donors (Lipinski definition) is 1. The summed E-state index contributed by atoms with van der Waals surface area (Å²) in [6.45, 7) is 1.42. The van der Waals surface area contributed by atoms with Crippen molar-refractivity contribution in [3.05, 3.63) is 42.9 Å². The van der Waals surface area contributed by atoms with Crippen LogP contribution in [-0.2, 0) is 19.6 Å². The molecular weight excluding hydrogens is 465 g/mol. The standard InChI is InChI=1S/C20H21F3N4O5S/c1-3-16(28)25-10-17(29)26-8-9-27(12(2)11-26)33(30,31)15-5-4-14(21)18-13(15)6-7-24-19(18)32-20(22)23/h3-7,12,20H,1,8-11H2,2H3,(H,25,28)/t12-/m1/s1. The SMILES string of the molecule is C=CC(=O)NCC(=O)N1CCN(S(=O)(=O)c2ccc(F)c3c(OC(F)F)nccc23)[C@H](C)C1. The molecule has 1 fully saturated rings. The molecule has 1 N–H and O–H groups in total. The summed E-state index contributed by atoms with van der Waals surface area (Å²) in [5.74, 6) is -2.58. The van der Waals surface area contributed by atoms with Gasteiger partial charge in [0.2, 0.25) is 27.7 Å². The minimum Gasteiger partial charge on any atom is -0.416 e. The van der Waals surface area contributed by atoms with E-state index in [0.29, 0.717) is 0 Å². The number of fused-ring (bicyclic) bond motifs is 1. The van der Waals surface area contributed by atoms with Crippen molar-refractivity contribution in [1.82, 2.24) is 19.5 Å². The molecule has 1 aromatic carbocycles. The Kier molecular flexibility index (Phi) is 7.22. The molecule has 3 rings (SSSR count). The van der Waals surface area contributed by atoms with Gasteiger partial charge < -0.3 is 15.0 Å². The number of halogens is 3. The molecule has 1 aliphatic heterocycles. The van der Waals surface area contributed by atoms with E-state index in [0.717, 1.165) is 28.7 Å². The van der Waals surface area contributed by atoms with Crippen LogP contribution in [0.2, 0.25) is 0 Å². The predicted molar refractivity (Wildman–Crippen MR) is 111 cm³/mol. The zero-order chi connectivity index (χ0) is 24.3. The van der Waals surface area contributed by atoms with Crippen LogP contribution in [0.25, 0.3) is 10.8 Å². The summed E-state index contributed by atoms with van der Waals surface area (Å²) in [5, 5.41) is 1.74. The Morgan fingerprint density at radius 3 is 2.70 bits per heavy atom. The van der Waals surface area contributed by atoms with E-state index in [1.54, 1.807) is 6.92 Å². The number of aromatic nitrogens is 1. The van der Waals surface area contributed by atoms with Crippen molar-refractivity contribution in [3.63, 3.8) is 0 Å². The number of nitrogens with one attached hydrogen (secondary N) is 1. The lowest BCUT2D eigenvalue weighted by molar-refractivity contribution is -0.133. The van der Waals surface area contributed by atoms with Gasteiger partial charge in [0.25, 0.3) is 0 Å². The van der Waals surface area contributed by atoms with Crippen LogP contribution in [-0.4, -0.2) is 73.3 Å². The minimum absolute atomic E-state index is 0.0580. The van der Waals surface area contributed by atoms with Crippen LogP contribution >= 0.6 is 0 Å². The average Bonchev–Trinajstić information content (AvgIpc) is 2.76. The summed E-state index contributed by atoms with van der Waals surface area (Å²) in [5.41, 5.74) is 0. The van der Waals surface area contributed by atoms with Crippen LogP contribution in [0.3, 0.4) is 0 Å². The molecule has 1 aliphatic rings. The largest absolute Gasteiger partial charge is 0.416 e. The Morgan fingerprint density at radius 1 is 1.33 bits per heavy atom. The first-order chi connectivity index (χ1) is 15.6. The number of carbonyl (C=O) groups is 2. The van der Waals surface area contributed by atoms with Crippen LogP contribution in [0.5, 0.6) is 5.88 Å². The lowest BCUT2D eigenvalue weighted by Gasteiger charge is -2.39. The summed E-state index contributed by atoms with van der Waals surface area (Å²) in [6, 6.07) is 2.45. The summed E-state index contributed by atoms with van der Waals surface area (Å²) >= 11 is 0. The molecule has 2 heterocycles. The van der Waals surface area contributed by atoms with E-state index in [9.17, 15) is 31.2 Å². The van der Waals surface area contributed by atoms with Crippen molar-refractivity contribution in [3.8, 4) is 5.88 Å². The third-order valence-corrected chi connectivity index (χ3v) is 7.18. The summed E-state index contributed by atoms with van der Waals surface area (Å²) in [6.07, 6.45) is 2.08. The van der Waals surface area contributed by atoms with Gasteiger partial charge >= 0.3 is 6.61 Å². The fourth-order valence-corrected chi connectivity index (χ4v) is 5.40. The van der Waals surface area contributed by atoms with Gasteiger partial charge in [0.15, 0.2) is 0 Å². The topological polar surface area (TPSA) is 109 Å². The quantitative estimate of drug-likeness (QED) is 0.595. The Balaban J connectivity index is 1.88. The summed E-state index contributed by atoms with van der Waals surface area (Å²) in [7, 11) is -4.20. The number of hydrogen-bond acceptors (Lipinski definition) is 6. The number of pyridine rings is 1. The van der Waals surface area contributed by atoms with Crippen molar-refractivity contribution in [2.45, 2.75) is 24.5 Å².